The van der Waals surface area contributed by atoms with Crippen molar-refractivity contribution in [2.24, 2.45) is 0 Å². The highest BCUT2D eigenvalue weighted by Crippen LogP contribution is 2.38. The normalized spacial score (nSPS) is 12.9. The third kappa shape index (κ3) is 3.36. The molecule has 1 aliphatic rings. The minimum absolute atomic E-state index is 0.00882. The number of benzene rings is 2. The van der Waals surface area contributed by atoms with E-state index in [4.69, 9.17) is 0 Å². The van der Waals surface area contributed by atoms with Crippen molar-refractivity contribution in [2.45, 2.75) is 26.7 Å². The molecule has 0 fully saturated rings. The zero-order valence-corrected chi connectivity index (χ0v) is 15.3. The summed E-state index contributed by atoms with van der Waals surface area (Å²) in [4.78, 5) is 26.1. The van der Waals surface area contributed by atoms with E-state index in [0.717, 1.165) is 33.3 Å². The lowest BCUT2D eigenvalue weighted by molar-refractivity contribution is -0.117. The number of fused-ring (bicyclic) bond motifs is 1. The summed E-state index contributed by atoms with van der Waals surface area (Å²) in [5.41, 5.74) is 4.68. The minimum Gasteiger partial charge on any atom is -0.324 e. The number of hydrogen-bond acceptors (Lipinski definition) is 2. The van der Waals surface area contributed by atoms with E-state index >= 15 is 0 Å². The molecule has 0 atom stereocenters. The van der Waals surface area contributed by atoms with Gasteiger partial charge in [-0.1, -0.05) is 40.2 Å². The molecule has 24 heavy (non-hydrogen) atoms. The lowest BCUT2D eigenvalue weighted by atomic mass is 10.1. The lowest BCUT2D eigenvalue weighted by Gasteiger charge is -2.19. The Morgan fingerprint density at radius 3 is 2.71 bits per heavy atom. The van der Waals surface area contributed by atoms with Gasteiger partial charge in [-0.15, -0.1) is 0 Å². The highest BCUT2D eigenvalue weighted by Gasteiger charge is 2.26. The lowest BCUT2D eigenvalue weighted by Crippen LogP contribution is -2.27. The van der Waals surface area contributed by atoms with Crippen LogP contribution >= 0.6 is 15.9 Å². The second kappa shape index (κ2) is 6.77. The van der Waals surface area contributed by atoms with E-state index in [2.05, 4.69) is 21.2 Å². The number of anilines is 2. The van der Waals surface area contributed by atoms with Crippen LogP contribution in [-0.2, 0) is 22.4 Å². The monoisotopic (exact) mass is 386 g/mol. The Labute approximate surface area is 150 Å². The molecule has 0 unspecified atom stereocenters. The van der Waals surface area contributed by atoms with Gasteiger partial charge in [-0.2, -0.15) is 0 Å². The number of carbonyl (C=O) groups excluding carboxylic acids is 2. The first-order valence-electron chi connectivity index (χ1n) is 7.90. The standard InChI is InChI=1S/C19H19BrN2O2/c1-12-5-3-4-6-14(12)10-18(24)21-17-11-16(20)9-15-7-8-22(13(2)23)19(15)17/h3-6,9,11H,7-8,10H2,1-2H3,(H,21,24). The van der Waals surface area contributed by atoms with E-state index in [1.165, 1.54) is 0 Å². The summed E-state index contributed by atoms with van der Waals surface area (Å²) >= 11 is 3.49. The van der Waals surface area contributed by atoms with Gasteiger partial charge in [-0.25, -0.2) is 0 Å². The number of carbonyl (C=O) groups is 2. The fraction of sp³-hybridized carbons (Fsp3) is 0.263. The Morgan fingerprint density at radius 1 is 1.25 bits per heavy atom. The summed E-state index contributed by atoms with van der Waals surface area (Å²) < 4.78 is 0.901. The van der Waals surface area contributed by atoms with Crippen molar-refractivity contribution in [1.82, 2.24) is 0 Å². The maximum absolute atomic E-state index is 12.5. The molecule has 5 heteroatoms. The number of amides is 2. The Kier molecular flexibility index (Phi) is 4.71. The summed E-state index contributed by atoms with van der Waals surface area (Å²) in [5.74, 6) is -0.0922. The van der Waals surface area contributed by atoms with Crippen molar-refractivity contribution >= 4 is 39.1 Å². The Bertz CT molecular complexity index is 817. The fourth-order valence-electron chi connectivity index (χ4n) is 3.10. The molecule has 2 amide bonds. The van der Waals surface area contributed by atoms with Gasteiger partial charge >= 0.3 is 0 Å². The number of nitrogens with one attached hydrogen (secondary N) is 1. The van der Waals surface area contributed by atoms with Crippen LogP contribution in [0.2, 0.25) is 0 Å². The molecule has 2 aromatic carbocycles. The molecular formula is C19H19BrN2O2. The Balaban J connectivity index is 1.86. The van der Waals surface area contributed by atoms with E-state index in [-0.39, 0.29) is 11.8 Å². The highest BCUT2D eigenvalue weighted by molar-refractivity contribution is 9.10. The maximum atomic E-state index is 12.5. The van der Waals surface area contributed by atoms with Crippen LogP contribution in [0.25, 0.3) is 0 Å². The van der Waals surface area contributed by atoms with Crippen LogP contribution in [0.5, 0.6) is 0 Å². The first-order chi connectivity index (χ1) is 11.5. The molecule has 0 aliphatic carbocycles. The van der Waals surface area contributed by atoms with Crippen molar-refractivity contribution in [3.63, 3.8) is 0 Å². The molecule has 1 heterocycles. The molecule has 3 rings (SSSR count). The maximum Gasteiger partial charge on any atom is 0.228 e. The number of rotatable bonds is 3. The summed E-state index contributed by atoms with van der Waals surface area (Å²) in [5, 5.41) is 2.98. The largest absolute Gasteiger partial charge is 0.324 e. The highest BCUT2D eigenvalue weighted by atomic mass is 79.9. The van der Waals surface area contributed by atoms with Gasteiger partial charge in [0.2, 0.25) is 11.8 Å². The fourth-order valence-corrected chi connectivity index (χ4v) is 3.60. The minimum atomic E-state index is -0.0833. The van der Waals surface area contributed by atoms with Crippen LogP contribution in [0.1, 0.15) is 23.6 Å². The van der Waals surface area contributed by atoms with Crippen LogP contribution in [0.4, 0.5) is 11.4 Å². The predicted molar refractivity (Wildman–Crippen MR) is 99.4 cm³/mol. The first kappa shape index (κ1) is 16.7. The first-order valence-corrected chi connectivity index (χ1v) is 8.70. The predicted octanol–water partition coefficient (Wildman–Crippen LogP) is 3.85. The van der Waals surface area contributed by atoms with Gasteiger partial charge in [-0.3, -0.25) is 9.59 Å². The molecule has 1 N–H and O–H groups in total. The molecule has 0 saturated carbocycles. The SMILES string of the molecule is CC(=O)N1CCc2cc(Br)cc(NC(=O)Cc3ccccc3C)c21. The quantitative estimate of drug-likeness (QED) is 0.870. The van der Waals surface area contributed by atoms with Crippen LogP contribution in [-0.4, -0.2) is 18.4 Å². The van der Waals surface area contributed by atoms with Gasteiger partial charge in [-0.05, 0) is 42.2 Å². The van der Waals surface area contributed by atoms with E-state index in [1.54, 1.807) is 11.8 Å². The van der Waals surface area contributed by atoms with E-state index in [9.17, 15) is 9.59 Å². The Morgan fingerprint density at radius 2 is 2.00 bits per heavy atom. The number of aryl methyl sites for hydroxylation is 1. The summed E-state index contributed by atoms with van der Waals surface area (Å²) in [6.07, 6.45) is 1.11. The molecule has 4 nitrogen and oxygen atoms in total. The van der Waals surface area contributed by atoms with E-state index < -0.39 is 0 Å². The molecule has 2 aromatic rings. The van der Waals surface area contributed by atoms with Gasteiger partial charge in [0.1, 0.15) is 0 Å². The zero-order valence-electron chi connectivity index (χ0n) is 13.7. The molecule has 0 bridgehead atoms. The van der Waals surface area contributed by atoms with Gasteiger partial charge in [0.05, 0.1) is 17.8 Å². The summed E-state index contributed by atoms with van der Waals surface area (Å²) in [6.45, 7) is 4.20. The second-order valence-corrected chi connectivity index (χ2v) is 6.95. The van der Waals surface area contributed by atoms with E-state index in [0.29, 0.717) is 18.7 Å². The number of hydrogen-bond donors (Lipinski definition) is 1. The van der Waals surface area contributed by atoms with Crippen molar-refractivity contribution in [3.8, 4) is 0 Å². The molecule has 1 aliphatic heterocycles. The average molecular weight is 387 g/mol. The van der Waals surface area contributed by atoms with Gasteiger partial charge in [0, 0.05) is 17.9 Å². The van der Waals surface area contributed by atoms with Crippen LogP contribution < -0.4 is 10.2 Å². The summed E-state index contributed by atoms with van der Waals surface area (Å²) in [6, 6.07) is 11.7. The van der Waals surface area contributed by atoms with Gasteiger partial charge in [0.25, 0.3) is 0 Å². The van der Waals surface area contributed by atoms with Crippen molar-refractivity contribution in [1.29, 1.82) is 0 Å². The molecular weight excluding hydrogens is 368 g/mol. The molecule has 0 aromatic heterocycles. The van der Waals surface area contributed by atoms with Gasteiger partial charge in [0.15, 0.2) is 0 Å². The third-order valence-corrected chi connectivity index (χ3v) is 4.75. The zero-order chi connectivity index (χ0) is 17.3. The Hall–Kier alpha value is -2.14. The van der Waals surface area contributed by atoms with Gasteiger partial charge < -0.3 is 10.2 Å². The van der Waals surface area contributed by atoms with Crippen molar-refractivity contribution < 1.29 is 9.59 Å². The second-order valence-electron chi connectivity index (χ2n) is 6.03. The number of halogens is 1. The molecule has 0 spiro atoms. The van der Waals surface area contributed by atoms with Crippen LogP contribution in [0.3, 0.4) is 0 Å². The van der Waals surface area contributed by atoms with Crippen molar-refractivity contribution in [3.05, 3.63) is 57.6 Å². The summed E-state index contributed by atoms with van der Waals surface area (Å²) in [7, 11) is 0. The molecule has 0 saturated heterocycles. The topological polar surface area (TPSA) is 49.4 Å². The average Bonchev–Trinajstić information content (AvgIpc) is 2.93. The molecule has 0 radical (unpaired) electrons. The van der Waals surface area contributed by atoms with Crippen LogP contribution in [0.15, 0.2) is 40.9 Å². The third-order valence-electron chi connectivity index (χ3n) is 4.29. The van der Waals surface area contributed by atoms with Crippen molar-refractivity contribution in [2.75, 3.05) is 16.8 Å². The number of nitrogens with zero attached hydrogens (tertiary/aromatic N) is 1. The molecule has 124 valence electrons. The smallest absolute Gasteiger partial charge is 0.228 e. The van der Waals surface area contributed by atoms with Crippen LogP contribution in [0, 0.1) is 6.92 Å². The van der Waals surface area contributed by atoms with E-state index in [1.807, 2.05) is 43.3 Å².